The Morgan fingerprint density at radius 3 is 2.30 bits per heavy atom. The highest BCUT2D eigenvalue weighted by Crippen LogP contribution is 2.16. The second-order valence-electron chi connectivity index (χ2n) is 5.07. The molecule has 0 aromatic heterocycles. The van der Waals surface area contributed by atoms with Gasteiger partial charge < -0.3 is 15.2 Å². The molecule has 1 atom stereocenters. The second-order valence-corrected chi connectivity index (χ2v) is 5.07. The number of carboxylic acids is 1. The van der Waals surface area contributed by atoms with Crippen LogP contribution in [0.3, 0.4) is 0 Å². The lowest BCUT2D eigenvalue weighted by Gasteiger charge is -2.15. The fourth-order valence-electron chi connectivity index (χ4n) is 2.26. The summed E-state index contributed by atoms with van der Waals surface area (Å²) in [7, 11) is 1.50. The Morgan fingerprint density at radius 2 is 1.74 bits per heavy atom. The van der Waals surface area contributed by atoms with Crippen LogP contribution >= 0.6 is 0 Å². The highest BCUT2D eigenvalue weighted by molar-refractivity contribution is 5.87. The lowest BCUT2D eigenvalue weighted by Crippen LogP contribution is -2.31. The highest BCUT2D eigenvalue weighted by atomic mass is 16.5. The summed E-state index contributed by atoms with van der Waals surface area (Å²) in [6.07, 6.45) is -0.0118. The molecule has 23 heavy (non-hydrogen) atoms. The van der Waals surface area contributed by atoms with E-state index in [-0.39, 0.29) is 11.5 Å². The van der Waals surface area contributed by atoms with E-state index >= 15 is 0 Å². The van der Waals surface area contributed by atoms with Crippen molar-refractivity contribution in [3.8, 4) is 0 Å². The van der Waals surface area contributed by atoms with Gasteiger partial charge >= 0.3 is 5.97 Å². The minimum Gasteiger partial charge on any atom is -0.478 e. The van der Waals surface area contributed by atoms with E-state index in [1.54, 1.807) is 24.3 Å². The topological polar surface area (TPSA) is 75.6 Å². The molecular weight excluding hydrogens is 294 g/mol. The van der Waals surface area contributed by atoms with E-state index in [1.165, 1.54) is 7.11 Å². The Labute approximate surface area is 134 Å². The van der Waals surface area contributed by atoms with Crippen LogP contribution < -0.4 is 5.32 Å². The van der Waals surface area contributed by atoms with Crippen molar-refractivity contribution >= 4 is 11.9 Å². The summed E-state index contributed by atoms with van der Waals surface area (Å²) in [5.41, 5.74) is 2.02. The fraction of sp³-hybridized carbons (Fsp3) is 0.222. The maximum atomic E-state index is 12.2. The normalized spacial score (nSPS) is 11.7. The van der Waals surface area contributed by atoms with Crippen LogP contribution in [0.15, 0.2) is 54.6 Å². The molecule has 120 valence electrons. The Hall–Kier alpha value is -2.66. The number of carbonyl (C=O) groups is 2. The van der Waals surface area contributed by atoms with Crippen LogP contribution in [0.5, 0.6) is 0 Å². The van der Waals surface area contributed by atoms with Crippen LogP contribution in [0.2, 0.25) is 0 Å². The van der Waals surface area contributed by atoms with E-state index < -0.39 is 12.1 Å². The van der Waals surface area contributed by atoms with E-state index in [9.17, 15) is 9.59 Å². The summed E-state index contributed by atoms with van der Waals surface area (Å²) in [6.45, 7) is 0.456. The molecular formula is C18H19NO4. The first-order valence-electron chi connectivity index (χ1n) is 7.29. The number of nitrogens with one attached hydrogen (secondary N) is 1. The number of hydrogen-bond donors (Lipinski definition) is 2. The number of amides is 1. The van der Waals surface area contributed by atoms with Crippen molar-refractivity contribution in [1.29, 1.82) is 0 Å². The zero-order chi connectivity index (χ0) is 16.7. The molecule has 0 aliphatic rings. The van der Waals surface area contributed by atoms with Gasteiger partial charge in [0.1, 0.15) is 0 Å². The third-order valence-corrected chi connectivity index (χ3v) is 3.49. The van der Waals surface area contributed by atoms with Crippen molar-refractivity contribution in [3.63, 3.8) is 0 Å². The predicted molar refractivity (Wildman–Crippen MR) is 86.3 cm³/mol. The van der Waals surface area contributed by atoms with E-state index in [0.29, 0.717) is 13.0 Å². The number of carboxylic acid groups (broad SMARTS) is 1. The molecule has 0 spiro atoms. The van der Waals surface area contributed by atoms with Crippen molar-refractivity contribution in [2.75, 3.05) is 13.7 Å². The van der Waals surface area contributed by atoms with Crippen LogP contribution in [-0.2, 0) is 16.0 Å². The number of benzene rings is 2. The summed E-state index contributed by atoms with van der Waals surface area (Å²) >= 11 is 0. The number of ether oxygens (including phenoxy) is 1. The lowest BCUT2D eigenvalue weighted by atomic mass is 10.1. The molecule has 1 amide bonds. The quantitative estimate of drug-likeness (QED) is 0.823. The van der Waals surface area contributed by atoms with Gasteiger partial charge in [0.15, 0.2) is 6.10 Å². The van der Waals surface area contributed by atoms with Gasteiger partial charge in [-0.05, 0) is 29.7 Å². The third-order valence-electron chi connectivity index (χ3n) is 3.49. The molecule has 0 saturated carbocycles. The van der Waals surface area contributed by atoms with Crippen molar-refractivity contribution < 1.29 is 19.4 Å². The summed E-state index contributed by atoms with van der Waals surface area (Å²) in [4.78, 5) is 23.0. The zero-order valence-electron chi connectivity index (χ0n) is 12.9. The SMILES string of the molecule is CO[C@H](C(=O)NCCc1ccc(C(=O)O)cc1)c1ccccc1. The van der Waals surface area contributed by atoms with Crippen LogP contribution in [-0.4, -0.2) is 30.6 Å². The number of rotatable bonds is 7. The molecule has 0 saturated heterocycles. The molecule has 5 nitrogen and oxygen atoms in total. The summed E-state index contributed by atoms with van der Waals surface area (Å²) in [5.74, 6) is -1.14. The van der Waals surface area contributed by atoms with Gasteiger partial charge in [0.05, 0.1) is 5.56 Å². The van der Waals surface area contributed by atoms with Gasteiger partial charge in [-0.2, -0.15) is 0 Å². The maximum absolute atomic E-state index is 12.2. The van der Waals surface area contributed by atoms with Crippen molar-refractivity contribution in [2.45, 2.75) is 12.5 Å². The van der Waals surface area contributed by atoms with E-state index in [0.717, 1.165) is 11.1 Å². The van der Waals surface area contributed by atoms with E-state index in [4.69, 9.17) is 9.84 Å². The standard InChI is InChI=1S/C18H19NO4/c1-23-16(14-5-3-2-4-6-14)17(20)19-12-11-13-7-9-15(10-8-13)18(21)22/h2-10,16H,11-12H2,1H3,(H,19,20)(H,21,22)/t16-/m0/s1. The van der Waals surface area contributed by atoms with Crippen LogP contribution in [0.1, 0.15) is 27.6 Å². The maximum Gasteiger partial charge on any atom is 0.335 e. The average molecular weight is 313 g/mol. The van der Waals surface area contributed by atoms with Gasteiger partial charge in [-0.25, -0.2) is 4.79 Å². The molecule has 2 rings (SSSR count). The number of hydrogen-bond acceptors (Lipinski definition) is 3. The monoisotopic (exact) mass is 313 g/mol. The smallest absolute Gasteiger partial charge is 0.335 e. The Balaban J connectivity index is 1.87. The molecule has 5 heteroatoms. The molecule has 0 aliphatic heterocycles. The van der Waals surface area contributed by atoms with Gasteiger partial charge in [-0.15, -0.1) is 0 Å². The Bertz CT molecular complexity index is 652. The third kappa shape index (κ3) is 4.66. The van der Waals surface area contributed by atoms with E-state index in [2.05, 4.69) is 5.32 Å². The minimum absolute atomic E-state index is 0.194. The van der Waals surface area contributed by atoms with Crippen molar-refractivity contribution in [2.24, 2.45) is 0 Å². The first kappa shape index (κ1) is 16.7. The Kier molecular flexibility index (Phi) is 5.88. The fourth-order valence-corrected chi connectivity index (χ4v) is 2.26. The van der Waals surface area contributed by atoms with Crippen molar-refractivity contribution in [1.82, 2.24) is 5.32 Å². The van der Waals surface area contributed by atoms with Crippen molar-refractivity contribution in [3.05, 3.63) is 71.3 Å². The first-order chi connectivity index (χ1) is 11.1. The Morgan fingerprint density at radius 1 is 1.09 bits per heavy atom. The number of methoxy groups -OCH3 is 1. The lowest BCUT2D eigenvalue weighted by molar-refractivity contribution is -0.131. The van der Waals surface area contributed by atoms with Crippen LogP contribution in [0.25, 0.3) is 0 Å². The molecule has 0 radical (unpaired) electrons. The highest BCUT2D eigenvalue weighted by Gasteiger charge is 2.18. The molecule has 2 N–H and O–H groups in total. The first-order valence-corrected chi connectivity index (χ1v) is 7.29. The van der Waals surface area contributed by atoms with Gasteiger partial charge in [0, 0.05) is 13.7 Å². The van der Waals surface area contributed by atoms with Gasteiger partial charge in [-0.1, -0.05) is 42.5 Å². The van der Waals surface area contributed by atoms with Crippen LogP contribution in [0, 0.1) is 0 Å². The average Bonchev–Trinajstić information content (AvgIpc) is 2.57. The number of aromatic carboxylic acids is 1. The molecule has 0 heterocycles. The number of carbonyl (C=O) groups excluding carboxylic acids is 1. The minimum atomic E-state index is -0.948. The molecule has 0 unspecified atom stereocenters. The molecule has 2 aromatic carbocycles. The zero-order valence-corrected chi connectivity index (χ0v) is 12.9. The molecule has 0 bridgehead atoms. The summed E-state index contributed by atoms with van der Waals surface area (Å²) < 4.78 is 5.27. The summed E-state index contributed by atoms with van der Waals surface area (Å²) in [6, 6.07) is 15.9. The van der Waals surface area contributed by atoms with Gasteiger partial charge in [0.2, 0.25) is 0 Å². The largest absolute Gasteiger partial charge is 0.478 e. The molecule has 2 aromatic rings. The van der Waals surface area contributed by atoms with E-state index in [1.807, 2.05) is 30.3 Å². The molecule has 0 aliphatic carbocycles. The van der Waals surface area contributed by atoms with Crippen LogP contribution in [0.4, 0.5) is 0 Å². The summed E-state index contributed by atoms with van der Waals surface area (Å²) in [5, 5.41) is 11.7. The predicted octanol–water partition coefficient (Wildman–Crippen LogP) is 2.43. The van der Waals surface area contributed by atoms with Gasteiger partial charge in [-0.3, -0.25) is 4.79 Å². The molecule has 0 fully saturated rings. The van der Waals surface area contributed by atoms with Gasteiger partial charge in [0.25, 0.3) is 5.91 Å². The second kappa shape index (κ2) is 8.10.